The van der Waals surface area contributed by atoms with Gasteiger partial charge < -0.3 is 25.2 Å². The number of esters is 1. The molecule has 0 aromatic carbocycles. The number of allylic oxidation sites excluding steroid dienone is 12. The van der Waals surface area contributed by atoms with Crippen molar-refractivity contribution in [2.45, 2.75) is 225 Å². The number of carboxylic acids is 1. The number of phosphoric ester groups is 1. The van der Waals surface area contributed by atoms with Gasteiger partial charge >= 0.3 is 19.8 Å². The van der Waals surface area contributed by atoms with Gasteiger partial charge in [-0.3, -0.25) is 18.6 Å². The molecular formula is C53H92NO10P. The highest BCUT2D eigenvalue weighted by molar-refractivity contribution is 7.47. The summed E-state index contributed by atoms with van der Waals surface area (Å²) < 4.78 is 26.9. The highest BCUT2D eigenvalue weighted by Gasteiger charge is 2.28. The summed E-state index contributed by atoms with van der Waals surface area (Å²) in [5.41, 5.74) is 0. The Kier molecular flexibility index (Phi) is 45.2. The summed E-state index contributed by atoms with van der Waals surface area (Å²) in [6, 6.07) is -1.59. The average Bonchev–Trinajstić information content (AvgIpc) is 3.28. The van der Waals surface area contributed by atoms with Crippen LogP contribution in [-0.4, -0.2) is 64.9 Å². The molecule has 0 radical (unpaired) electrons. The molecule has 0 aromatic rings. The number of amides is 1. The molecule has 3 atom stereocenters. The quantitative estimate of drug-likeness (QED) is 0.0199. The van der Waals surface area contributed by atoms with Gasteiger partial charge in [-0.25, -0.2) is 9.36 Å². The molecule has 0 aromatic heterocycles. The number of ether oxygens (including phenoxy) is 1. The van der Waals surface area contributed by atoms with Crippen molar-refractivity contribution >= 4 is 25.7 Å². The van der Waals surface area contributed by atoms with E-state index in [0.29, 0.717) is 19.3 Å². The minimum Gasteiger partial charge on any atom is -0.480 e. The van der Waals surface area contributed by atoms with Crippen molar-refractivity contribution in [1.29, 1.82) is 0 Å². The number of carbonyl (C=O) groups excluding carboxylic acids is 2. The third-order valence-electron chi connectivity index (χ3n) is 10.8. The minimum atomic E-state index is -4.78. The monoisotopic (exact) mass is 934 g/mol. The second kappa shape index (κ2) is 47.4. The Hall–Kier alpha value is -3.08. The second-order valence-electron chi connectivity index (χ2n) is 17.0. The van der Waals surface area contributed by atoms with Crippen molar-refractivity contribution in [3.05, 3.63) is 72.9 Å². The first-order valence-electron chi connectivity index (χ1n) is 25.5. The van der Waals surface area contributed by atoms with E-state index in [9.17, 15) is 34.1 Å². The molecule has 11 nitrogen and oxygen atoms in total. The molecule has 374 valence electrons. The average molecular weight is 934 g/mol. The van der Waals surface area contributed by atoms with E-state index in [1.807, 2.05) is 18.2 Å². The SMILES string of the molecule is CC/C=C\C/C=C\C/C=C\C/C=C\C/C=C\C/C=C\CCC(=O)NC(COP(=O)(O)OCC(O)COC(=O)CCCCCCCCCCCCCCCCCCCCCCCC)C(=O)O. The van der Waals surface area contributed by atoms with Gasteiger partial charge in [0.25, 0.3) is 0 Å². The van der Waals surface area contributed by atoms with E-state index in [4.69, 9.17) is 13.8 Å². The summed E-state index contributed by atoms with van der Waals surface area (Å²) in [5.74, 6) is -2.49. The number of carboxylic acid groups (broad SMARTS) is 1. The molecule has 0 saturated carbocycles. The maximum absolute atomic E-state index is 12.3. The van der Waals surface area contributed by atoms with Crippen LogP contribution in [0.4, 0.5) is 0 Å². The highest BCUT2D eigenvalue weighted by atomic mass is 31.2. The first-order chi connectivity index (χ1) is 31.6. The lowest BCUT2D eigenvalue weighted by Gasteiger charge is -2.18. The smallest absolute Gasteiger partial charge is 0.472 e. The molecule has 65 heavy (non-hydrogen) atoms. The molecule has 0 spiro atoms. The van der Waals surface area contributed by atoms with Gasteiger partial charge in [-0.05, 0) is 51.4 Å². The largest absolute Gasteiger partial charge is 0.480 e. The molecular weight excluding hydrogens is 842 g/mol. The standard InChI is InChI=1S/C53H92NO10P/c1-3-5-7-9-11-13-15-17-19-21-23-24-25-27-29-31-33-35-37-39-41-43-45-52(57)62-46-49(55)47-63-65(60,61)64-48-50(53(58)59)54-51(56)44-42-40-38-36-34-32-30-28-26-22-20-18-16-14-12-10-8-6-4-2/h6,8,12,14,18,20,26,28,32,34,38,40,49-50,55H,3-5,7,9-11,13,15-17,19,21-25,27,29-31,33,35-37,39,41-48H2,1-2H3,(H,54,56)(H,58,59)(H,60,61)/b8-6-,14-12-,20-18-,28-26-,34-32-,40-38-. The summed E-state index contributed by atoms with van der Waals surface area (Å²) in [6.45, 7) is 2.45. The van der Waals surface area contributed by atoms with Crippen LogP contribution in [0.15, 0.2) is 72.9 Å². The van der Waals surface area contributed by atoms with E-state index in [1.165, 1.54) is 116 Å². The van der Waals surface area contributed by atoms with Crippen LogP contribution in [0.2, 0.25) is 0 Å². The van der Waals surface area contributed by atoms with E-state index < -0.39 is 57.6 Å². The Labute approximate surface area is 395 Å². The van der Waals surface area contributed by atoms with Crippen LogP contribution < -0.4 is 5.32 Å². The van der Waals surface area contributed by atoms with E-state index >= 15 is 0 Å². The molecule has 0 saturated heterocycles. The summed E-state index contributed by atoms with van der Waals surface area (Å²) >= 11 is 0. The van der Waals surface area contributed by atoms with Gasteiger partial charge in [-0.2, -0.15) is 0 Å². The van der Waals surface area contributed by atoms with Crippen molar-refractivity contribution < 1.29 is 47.8 Å². The lowest BCUT2D eigenvalue weighted by molar-refractivity contribution is -0.147. The zero-order valence-corrected chi connectivity index (χ0v) is 41.7. The maximum Gasteiger partial charge on any atom is 0.472 e. The molecule has 4 N–H and O–H groups in total. The fraction of sp³-hybridized carbons (Fsp3) is 0.717. The number of rotatable bonds is 47. The Morgan fingerprint density at radius 1 is 0.508 bits per heavy atom. The van der Waals surface area contributed by atoms with Crippen LogP contribution in [0.25, 0.3) is 0 Å². The van der Waals surface area contributed by atoms with Gasteiger partial charge in [0.2, 0.25) is 5.91 Å². The van der Waals surface area contributed by atoms with Crippen LogP contribution in [0.5, 0.6) is 0 Å². The molecule has 0 aliphatic heterocycles. The van der Waals surface area contributed by atoms with Crippen molar-refractivity contribution in [3.8, 4) is 0 Å². The second-order valence-corrected chi connectivity index (χ2v) is 18.4. The van der Waals surface area contributed by atoms with Crippen molar-refractivity contribution in [2.24, 2.45) is 0 Å². The summed E-state index contributed by atoms with van der Waals surface area (Å²) in [7, 11) is -4.78. The third kappa shape index (κ3) is 47.2. The molecule has 0 aliphatic carbocycles. The first-order valence-corrected chi connectivity index (χ1v) is 27.0. The Balaban J connectivity index is 3.89. The van der Waals surface area contributed by atoms with E-state index in [1.54, 1.807) is 0 Å². The molecule has 3 unspecified atom stereocenters. The lowest BCUT2D eigenvalue weighted by atomic mass is 10.0. The van der Waals surface area contributed by atoms with E-state index in [2.05, 4.69) is 73.8 Å². The van der Waals surface area contributed by atoms with Crippen LogP contribution in [0, 0.1) is 0 Å². The molecule has 0 fully saturated rings. The van der Waals surface area contributed by atoms with E-state index in [-0.39, 0.29) is 12.8 Å². The zero-order chi connectivity index (χ0) is 47.7. The highest BCUT2D eigenvalue weighted by Crippen LogP contribution is 2.43. The maximum atomic E-state index is 12.3. The number of hydrogen-bond acceptors (Lipinski definition) is 8. The lowest BCUT2D eigenvalue weighted by Crippen LogP contribution is -2.43. The zero-order valence-electron chi connectivity index (χ0n) is 40.8. The van der Waals surface area contributed by atoms with Gasteiger partial charge in [0, 0.05) is 12.8 Å². The molecule has 0 heterocycles. The predicted molar refractivity (Wildman–Crippen MR) is 268 cm³/mol. The topological polar surface area (TPSA) is 169 Å². The summed E-state index contributed by atoms with van der Waals surface area (Å²) in [5, 5.41) is 21.8. The van der Waals surface area contributed by atoms with Crippen LogP contribution in [0.3, 0.4) is 0 Å². The number of phosphoric acid groups is 1. The van der Waals surface area contributed by atoms with Gasteiger partial charge in [-0.15, -0.1) is 0 Å². The van der Waals surface area contributed by atoms with Crippen molar-refractivity contribution in [3.63, 3.8) is 0 Å². The summed E-state index contributed by atoms with van der Waals surface area (Å²) in [4.78, 5) is 46.0. The molecule has 0 bridgehead atoms. The van der Waals surface area contributed by atoms with Crippen LogP contribution in [0.1, 0.15) is 213 Å². The van der Waals surface area contributed by atoms with Gasteiger partial charge in [0.05, 0.1) is 13.2 Å². The number of unbranched alkanes of at least 4 members (excludes halogenated alkanes) is 21. The van der Waals surface area contributed by atoms with Crippen LogP contribution in [-0.2, 0) is 32.7 Å². The number of hydrogen-bond donors (Lipinski definition) is 4. The first kappa shape index (κ1) is 61.9. The van der Waals surface area contributed by atoms with Crippen LogP contribution >= 0.6 is 7.82 Å². The number of aliphatic hydroxyl groups excluding tert-OH is 1. The van der Waals surface area contributed by atoms with E-state index in [0.717, 1.165) is 51.4 Å². The van der Waals surface area contributed by atoms with Gasteiger partial charge in [0.15, 0.2) is 6.04 Å². The molecule has 0 aliphatic rings. The normalized spacial score (nSPS) is 14.2. The molecule has 12 heteroatoms. The number of aliphatic carboxylic acids is 1. The Morgan fingerprint density at radius 3 is 1.28 bits per heavy atom. The predicted octanol–water partition coefficient (Wildman–Crippen LogP) is 14.1. The van der Waals surface area contributed by atoms with Gasteiger partial charge in [0.1, 0.15) is 12.7 Å². The summed E-state index contributed by atoms with van der Waals surface area (Å²) in [6.07, 6.45) is 58.1. The van der Waals surface area contributed by atoms with Crippen molar-refractivity contribution in [1.82, 2.24) is 5.32 Å². The number of carbonyl (C=O) groups is 3. The third-order valence-corrected chi connectivity index (χ3v) is 11.7. The number of nitrogens with one attached hydrogen (secondary N) is 1. The molecule has 1 amide bonds. The van der Waals surface area contributed by atoms with Crippen molar-refractivity contribution in [2.75, 3.05) is 19.8 Å². The fourth-order valence-electron chi connectivity index (χ4n) is 6.87. The van der Waals surface area contributed by atoms with Gasteiger partial charge in [-0.1, -0.05) is 222 Å². The Morgan fingerprint density at radius 2 is 0.877 bits per heavy atom. The Bertz CT molecular complexity index is 1370. The number of aliphatic hydroxyl groups is 1. The fourth-order valence-corrected chi connectivity index (χ4v) is 7.64. The minimum absolute atomic E-state index is 0.0176. The molecule has 0 rings (SSSR count).